The van der Waals surface area contributed by atoms with Crippen LogP contribution in [-0.4, -0.2) is 141 Å². The van der Waals surface area contributed by atoms with Crippen molar-refractivity contribution in [2.75, 3.05) is 39.5 Å². The summed E-state index contributed by atoms with van der Waals surface area (Å²) in [5, 5.41) is 38.9. The number of pyridine rings is 2. The molecule has 9 rings (SSSR count). The van der Waals surface area contributed by atoms with Gasteiger partial charge in [-0.3, -0.25) is 52.8 Å². The zero-order chi connectivity index (χ0) is 57.9. The summed E-state index contributed by atoms with van der Waals surface area (Å²) >= 11 is 0. The van der Waals surface area contributed by atoms with E-state index in [4.69, 9.17) is 19.6 Å². The van der Waals surface area contributed by atoms with E-state index >= 15 is 4.39 Å². The minimum Gasteiger partial charge on any atom is -0.480 e. The molecule has 4 aromatic rings. The minimum atomic E-state index is -2.07. The molecule has 5 heterocycles. The second-order valence-electron chi connectivity index (χ2n) is 20.4. The van der Waals surface area contributed by atoms with Crippen LogP contribution in [0.4, 0.5) is 4.39 Å². The van der Waals surface area contributed by atoms with Crippen LogP contribution in [0.3, 0.4) is 0 Å². The van der Waals surface area contributed by atoms with E-state index in [-0.39, 0.29) is 37.1 Å². The number of aliphatic carboxylic acids is 1. The number of aliphatic hydroxyl groups is 1. The van der Waals surface area contributed by atoms with Gasteiger partial charge in [-0.25, -0.2) is 14.2 Å². The molecule has 0 unspecified atom stereocenters. The van der Waals surface area contributed by atoms with Crippen molar-refractivity contribution in [2.45, 2.75) is 108 Å². The molecule has 81 heavy (non-hydrogen) atoms. The number of carboxylic acids is 1. The number of ether oxygens (including phenoxy) is 2. The Kier molecular flexibility index (Phi) is 16.5. The van der Waals surface area contributed by atoms with E-state index in [1.807, 2.05) is 0 Å². The highest BCUT2D eigenvalue weighted by Crippen LogP contribution is 2.46. The molecule has 5 aliphatic rings. The average molecular weight is 1120 g/mol. The quantitative estimate of drug-likeness (QED) is 0.0230. The number of imide groups is 1. The smallest absolute Gasteiger partial charge is 0.343 e. The van der Waals surface area contributed by atoms with Gasteiger partial charge in [-0.1, -0.05) is 37.3 Å². The molecule has 9 N–H and O–H groups in total. The third-order valence-corrected chi connectivity index (χ3v) is 15.4. The molecule has 2 aromatic carbocycles. The lowest BCUT2D eigenvalue weighted by Crippen LogP contribution is -2.56. The van der Waals surface area contributed by atoms with Crippen molar-refractivity contribution in [1.82, 2.24) is 51.7 Å². The Labute approximate surface area is 460 Å². The van der Waals surface area contributed by atoms with Crippen molar-refractivity contribution in [3.8, 4) is 11.4 Å². The van der Waals surface area contributed by atoms with Crippen molar-refractivity contribution in [3.63, 3.8) is 0 Å². The molecule has 0 radical (unpaired) electrons. The zero-order valence-corrected chi connectivity index (χ0v) is 44.2. The standard InChI is InChI=1S/C55H59FN10O15/c1-3-55(79)33-18-38-48-31(25-65(38)51(76)32(33)26-80-53(55)78)47-35(12-11-30-28(2)34(56)19-36(63-48)46(30)47)64-52(77)54(15-7-8-16-54)81-27-61-41(68)22-59-49(74)37(17-29-9-5-4-6-10-29)62-42(69)23-58-40(67)21-60-50(75)39(20-57-24-45(72)73)66-43(70)13-14-44(66)71/h4-6,9-10,13-14,18-19,35,37,39,57,79H,3,7-8,11-12,15-17,20-27H2,1-2H3,(H,58,67)(H,59,74)(H,60,75)(H,61,68)(H,62,69)(H,64,77)(H,72,73)/t35-,37-,39-,55-/m0/s1. The summed E-state index contributed by atoms with van der Waals surface area (Å²) < 4.78 is 28.5. The number of benzene rings is 2. The van der Waals surface area contributed by atoms with Gasteiger partial charge < -0.3 is 61.5 Å². The Bertz CT molecular complexity index is 3380. The van der Waals surface area contributed by atoms with Gasteiger partial charge in [0, 0.05) is 47.7 Å². The van der Waals surface area contributed by atoms with E-state index in [0.717, 1.165) is 17.7 Å². The van der Waals surface area contributed by atoms with Crippen LogP contribution in [0.25, 0.3) is 22.3 Å². The van der Waals surface area contributed by atoms with Gasteiger partial charge >= 0.3 is 11.9 Å². The Hall–Kier alpha value is -8.75. The van der Waals surface area contributed by atoms with Gasteiger partial charge in [0.1, 0.15) is 36.8 Å². The van der Waals surface area contributed by atoms with Gasteiger partial charge in [0.25, 0.3) is 23.3 Å². The maximum absolute atomic E-state index is 15.6. The molecule has 1 fully saturated rings. The predicted molar refractivity (Wildman–Crippen MR) is 280 cm³/mol. The number of aromatic nitrogens is 2. The van der Waals surface area contributed by atoms with Crippen LogP contribution in [0.5, 0.6) is 0 Å². The van der Waals surface area contributed by atoms with Crippen LogP contribution < -0.4 is 42.8 Å². The van der Waals surface area contributed by atoms with Gasteiger partial charge in [0.05, 0.1) is 61.2 Å². The van der Waals surface area contributed by atoms with Crippen molar-refractivity contribution < 1.29 is 72.0 Å². The number of carbonyl (C=O) groups is 10. The van der Waals surface area contributed by atoms with Crippen molar-refractivity contribution in [1.29, 1.82) is 0 Å². The van der Waals surface area contributed by atoms with E-state index in [0.29, 0.717) is 88.0 Å². The lowest BCUT2D eigenvalue weighted by atomic mass is 9.81. The molecule has 2 aliphatic carbocycles. The second-order valence-corrected chi connectivity index (χ2v) is 20.4. The summed E-state index contributed by atoms with van der Waals surface area (Å²) in [5.41, 5.74) is 0.354. The highest BCUT2D eigenvalue weighted by molar-refractivity contribution is 6.15. The largest absolute Gasteiger partial charge is 0.480 e. The fourth-order valence-corrected chi connectivity index (χ4v) is 11.1. The number of halogens is 1. The van der Waals surface area contributed by atoms with Gasteiger partial charge in [-0.2, -0.15) is 0 Å². The van der Waals surface area contributed by atoms with E-state index in [1.54, 1.807) is 50.2 Å². The fourth-order valence-electron chi connectivity index (χ4n) is 11.1. The summed E-state index contributed by atoms with van der Waals surface area (Å²) in [4.78, 5) is 148. The van der Waals surface area contributed by atoms with E-state index in [2.05, 4.69) is 37.2 Å². The summed E-state index contributed by atoms with van der Waals surface area (Å²) in [5.74, 6) is -8.83. The number of nitrogens with zero attached hydrogens (tertiary/aromatic N) is 3. The topological polar surface area (TPSA) is 352 Å². The van der Waals surface area contributed by atoms with E-state index in [9.17, 15) is 57.8 Å². The first-order chi connectivity index (χ1) is 38.7. The molecular formula is C55H59FN10O15. The number of fused-ring (bicyclic) bond motifs is 5. The van der Waals surface area contributed by atoms with Crippen LogP contribution in [0.1, 0.15) is 90.4 Å². The lowest BCUT2D eigenvalue weighted by molar-refractivity contribution is -0.172. The number of esters is 1. The Morgan fingerprint density at radius 1 is 0.864 bits per heavy atom. The molecule has 4 atom stereocenters. The van der Waals surface area contributed by atoms with E-state index in [1.165, 1.54) is 10.6 Å². The molecule has 2 aromatic heterocycles. The van der Waals surface area contributed by atoms with Gasteiger partial charge in [-0.15, -0.1) is 0 Å². The summed E-state index contributed by atoms with van der Waals surface area (Å²) in [6, 6.07) is 8.07. The molecule has 8 amide bonds. The maximum atomic E-state index is 15.6. The number of hydrogen-bond acceptors (Lipinski definition) is 16. The van der Waals surface area contributed by atoms with Crippen molar-refractivity contribution in [2.24, 2.45) is 0 Å². The Morgan fingerprint density at radius 2 is 1.54 bits per heavy atom. The van der Waals surface area contributed by atoms with Gasteiger partial charge in [0.15, 0.2) is 5.60 Å². The fraction of sp³-hybridized carbons (Fsp3) is 0.418. The van der Waals surface area contributed by atoms with Crippen LogP contribution in [0.15, 0.2) is 59.4 Å². The van der Waals surface area contributed by atoms with Gasteiger partial charge in [0.2, 0.25) is 29.5 Å². The molecule has 26 heteroatoms. The van der Waals surface area contributed by atoms with Crippen molar-refractivity contribution >= 4 is 70.1 Å². The number of cyclic esters (lactones) is 1. The average Bonchev–Trinajstić information content (AvgIpc) is 2.44. The number of aryl methyl sites for hydroxylation is 1. The highest BCUT2D eigenvalue weighted by atomic mass is 19.1. The number of carboxylic acid groups (broad SMARTS) is 1. The predicted octanol–water partition coefficient (Wildman–Crippen LogP) is -0.922. The zero-order valence-electron chi connectivity index (χ0n) is 44.2. The number of hydrogen-bond donors (Lipinski definition) is 9. The SMILES string of the molecule is CC[C@@]1(O)C(=O)OCc2c1cc1n(c2=O)Cc2c-1nc1cc(F)c(C)c3c1c2[C@@H](NC(=O)C1(OCNC(=O)CNC(=O)[C@H](Cc2ccccc2)NC(=O)CNC(=O)CNC(=O)[C@H](CNCC(=O)O)N2C(=O)C=CC2=O)CCCC1)CC3. The van der Waals surface area contributed by atoms with Gasteiger partial charge in [-0.05, 0) is 80.2 Å². The first-order valence-corrected chi connectivity index (χ1v) is 26.4. The molecule has 0 saturated heterocycles. The first-order valence-electron chi connectivity index (χ1n) is 26.4. The summed E-state index contributed by atoms with van der Waals surface area (Å²) in [7, 11) is 0. The Balaban J connectivity index is 0.817. The van der Waals surface area contributed by atoms with Crippen LogP contribution in [-0.2, 0) is 89.0 Å². The third-order valence-electron chi connectivity index (χ3n) is 15.4. The molecule has 0 spiro atoms. The number of carbonyl (C=O) groups excluding carboxylic acids is 9. The van der Waals surface area contributed by atoms with Crippen LogP contribution in [0.2, 0.25) is 0 Å². The van der Waals surface area contributed by atoms with Crippen LogP contribution in [0, 0.1) is 12.7 Å². The minimum absolute atomic E-state index is 0.0318. The van der Waals surface area contributed by atoms with E-state index < -0.39 is 139 Å². The molecular weight excluding hydrogens is 1060 g/mol. The third kappa shape index (κ3) is 11.5. The maximum Gasteiger partial charge on any atom is 0.343 e. The highest BCUT2D eigenvalue weighted by Gasteiger charge is 2.47. The monoisotopic (exact) mass is 1120 g/mol. The number of amides is 8. The first kappa shape index (κ1) is 57.0. The molecule has 3 aliphatic heterocycles. The Morgan fingerprint density at radius 3 is 2.23 bits per heavy atom. The lowest BCUT2D eigenvalue weighted by Gasteiger charge is -2.34. The molecule has 25 nitrogen and oxygen atoms in total. The molecule has 426 valence electrons. The number of nitrogens with one attached hydrogen (secondary N) is 7. The molecule has 0 bridgehead atoms. The van der Waals surface area contributed by atoms with Crippen LogP contribution >= 0.6 is 0 Å². The number of rotatable bonds is 22. The summed E-state index contributed by atoms with van der Waals surface area (Å²) in [6.07, 6.45) is 4.39. The summed E-state index contributed by atoms with van der Waals surface area (Å²) in [6.45, 7) is -0.422. The normalized spacial score (nSPS) is 18.9. The molecule has 1 saturated carbocycles. The van der Waals surface area contributed by atoms with Crippen molar-refractivity contribution in [3.05, 3.63) is 110 Å². The second kappa shape index (κ2) is 23.5.